The minimum absolute atomic E-state index is 0.0357. The minimum atomic E-state index is -0.524. The summed E-state index contributed by atoms with van der Waals surface area (Å²) in [5, 5.41) is 0. The second-order valence-electron chi connectivity index (χ2n) is 4.18. The summed E-state index contributed by atoms with van der Waals surface area (Å²) in [5.41, 5.74) is 7.00. The number of benzene rings is 1. The highest BCUT2D eigenvalue weighted by atomic mass is 16.5. The Bertz CT molecular complexity index is 643. The van der Waals surface area contributed by atoms with E-state index in [-0.39, 0.29) is 12.2 Å². The van der Waals surface area contributed by atoms with Crippen molar-refractivity contribution < 1.29 is 19.0 Å². The van der Waals surface area contributed by atoms with Gasteiger partial charge >= 0.3 is 5.97 Å². The van der Waals surface area contributed by atoms with Crippen LogP contribution in [0.15, 0.2) is 36.4 Å². The number of hydrogen-bond acceptors (Lipinski definition) is 6. The normalized spacial score (nSPS) is 10.0. The number of para-hydroxylation sites is 1. The molecule has 0 aliphatic rings. The van der Waals surface area contributed by atoms with Gasteiger partial charge in [-0.3, -0.25) is 0 Å². The number of nitrogens with zero attached hydrogens (tertiary/aromatic N) is 1. The third-order valence-electron chi connectivity index (χ3n) is 2.81. The van der Waals surface area contributed by atoms with Gasteiger partial charge in [-0.05, 0) is 18.2 Å². The molecule has 0 saturated carbocycles. The zero-order chi connectivity index (χ0) is 15.2. The average molecular weight is 288 g/mol. The number of aromatic nitrogens is 1. The predicted molar refractivity (Wildman–Crippen MR) is 77.3 cm³/mol. The Hall–Kier alpha value is -2.76. The highest BCUT2D eigenvalue weighted by Gasteiger charge is 2.16. The molecule has 0 fully saturated rings. The van der Waals surface area contributed by atoms with E-state index in [9.17, 15) is 4.79 Å². The Balaban J connectivity index is 2.10. The summed E-state index contributed by atoms with van der Waals surface area (Å²) in [4.78, 5) is 16.2. The quantitative estimate of drug-likeness (QED) is 0.669. The van der Waals surface area contributed by atoms with E-state index in [0.29, 0.717) is 23.0 Å². The SMILES string of the molecule is COc1cccc(COC(=O)c2cccc(N)c2OC)n1. The molecule has 0 amide bonds. The number of carbonyl (C=O) groups excluding carboxylic acids is 1. The number of ether oxygens (including phenoxy) is 3. The van der Waals surface area contributed by atoms with Crippen molar-refractivity contribution in [3.05, 3.63) is 47.7 Å². The Kier molecular flexibility index (Phi) is 4.61. The van der Waals surface area contributed by atoms with Crippen LogP contribution in [-0.2, 0) is 11.3 Å². The molecule has 0 spiro atoms. The number of rotatable bonds is 5. The molecule has 110 valence electrons. The lowest BCUT2D eigenvalue weighted by Crippen LogP contribution is -2.09. The van der Waals surface area contributed by atoms with E-state index in [2.05, 4.69) is 4.98 Å². The second kappa shape index (κ2) is 6.60. The van der Waals surface area contributed by atoms with Gasteiger partial charge < -0.3 is 19.9 Å². The number of hydrogen-bond donors (Lipinski definition) is 1. The molecule has 2 rings (SSSR count). The molecule has 6 nitrogen and oxygen atoms in total. The third-order valence-corrected chi connectivity index (χ3v) is 2.81. The molecule has 21 heavy (non-hydrogen) atoms. The van der Waals surface area contributed by atoms with Gasteiger partial charge in [0.1, 0.15) is 12.2 Å². The van der Waals surface area contributed by atoms with Gasteiger partial charge in [0, 0.05) is 6.07 Å². The molecule has 0 saturated heterocycles. The van der Waals surface area contributed by atoms with Crippen molar-refractivity contribution in [2.75, 3.05) is 20.0 Å². The number of esters is 1. The molecule has 0 bridgehead atoms. The monoisotopic (exact) mass is 288 g/mol. The molecular formula is C15H16N2O4. The summed E-state index contributed by atoms with van der Waals surface area (Å²) in [6.07, 6.45) is 0. The summed E-state index contributed by atoms with van der Waals surface area (Å²) in [6.45, 7) is 0.0357. The van der Waals surface area contributed by atoms with Crippen LogP contribution in [0.3, 0.4) is 0 Å². The zero-order valence-corrected chi connectivity index (χ0v) is 11.8. The summed E-state index contributed by atoms with van der Waals surface area (Å²) in [7, 11) is 2.97. The van der Waals surface area contributed by atoms with Gasteiger partial charge in [-0.2, -0.15) is 0 Å². The summed E-state index contributed by atoms with van der Waals surface area (Å²) in [6, 6.07) is 10.1. The highest BCUT2D eigenvalue weighted by molar-refractivity contribution is 5.94. The first kappa shape index (κ1) is 14.6. The molecule has 0 radical (unpaired) electrons. The zero-order valence-electron chi connectivity index (χ0n) is 11.8. The van der Waals surface area contributed by atoms with Gasteiger partial charge in [0.05, 0.1) is 25.6 Å². The first-order valence-corrected chi connectivity index (χ1v) is 6.25. The van der Waals surface area contributed by atoms with Crippen molar-refractivity contribution in [2.24, 2.45) is 0 Å². The van der Waals surface area contributed by atoms with Gasteiger partial charge in [-0.15, -0.1) is 0 Å². The number of methoxy groups -OCH3 is 2. The fourth-order valence-electron chi connectivity index (χ4n) is 1.81. The first-order valence-electron chi connectivity index (χ1n) is 6.25. The van der Waals surface area contributed by atoms with Crippen molar-refractivity contribution in [1.82, 2.24) is 4.98 Å². The predicted octanol–water partition coefficient (Wildman–Crippen LogP) is 2.04. The maximum atomic E-state index is 12.1. The molecular weight excluding hydrogens is 272 g/mol. The maximum absolute atomic E-state index is 12.1. The number of anilines is 1. The summed E-state index contributed by atoms with van der Waals surface area (Å²) < 4.78 is 15.4. The molecule has 2 aromatic rings. The van der Waals surface area contributed by atoms with Crippen LogP contribution >= 0.6 is 0 Å². The van der Waals surface area contributed by atoms with Crippen molar-refractivity contribution in [2.45, 2.75) is 6.61 Å². The third kappa shape index (κ3) is 3.42. The van der Waals surface area contributed by atoms with E-state index in [1.54, 1.807) is 36.4 Å². The lowest BCUT2D eigenvalue weighted by Gasteiger charge is -2.10. The van der Waals surface area contributed by atoms with Gasteiger partial charge in [-0.25, -0.2) is 9.78 Å². The molecule has 2 N–H and O–H groups in total. The van der Waals surface area contributed by atoms with Crippen LogP contribution in [0, 0.1) is 0 Å². The Labute approximate surface area is 122 Å². The summed E-state index contributed by atoms with van der Waals surface area (Å²) in [5.74, 6) is 0.245. The smallest absolute Gasteiger partial charge is 0.342 e. The minimum Gasteiger partial charge on any atom is -0.494 e. The van der Waals surface area contributed by atoms with Crippen molar-refractivity contribution >= 4 is 11.7 Å². The van der Waals surface area contributed by atoms with E-state index < -0.39 is 5.97 Å². The fourth-order valence-corrected chi connectivity index (χ4v) is 1.81. The average Bonchev–Trinajstić information content (AvgIpc) is 2.52. The Morgan fingerprint density at radius 2 is 1.90 bits per heavy atom. The van der Waals surface area contributed by atoms with Gasteiger partial charge in [0.2, 0.25) is 5.88 Å². The summed E-state index contributed by atoms with van der Waals surface area (Å²) >= 11 is 0. The van der Waals surface area contributed by atoms with E-state index in [1.807, 2.05) is 0 Å². The first-order chi connectivity index (χ1) is 10.2. The fraction of sp³-hybridized carbons (Fsp3) is 0.200. The number of nitrogen functional groups attached to an aromatic ring is 1. The number of pyridine rings is 1. The van der Waals surface area contributed by atoms with Gasteiger partial charge in [0.15, 0.2) is 5.75 Å². The maximum Gasteiger partial charge on any atom is 0.342 e. The van der Waals surface area contributed by atoms with Crippen molar-refractivity contribution in [1.29, 1.82) is 0 Å². The largest absolute Gasteiger partial charge is 0.494 e. The van der Waals surface area contributed by atoms with Crippen LogP contribution in [0.1, 0.15) is 16.1 Å². The van der Waals surface area contributed by atoms with Gasteiger partial charge in [0.25, 0.3) is 0 Å². The van der Waals surface area contributed by atoms with Crippen molar-refractivity contribution in [3.8, 4) is 11.6 Å². The van der Waals surface area contributed by atoms with Crippen LogP contribution in [0.4, 0.5) is 5.69 Å². The Morgan fingerprint density at radius 3 is 2.62 bits per heavy atom. The van der Waals surface area contributed by atoms with Crippen LogP contribution in [0.2, 0.25) is 0 Å². The highest BCUT2D eigenvalue weighted by Crippen LogP contribution is 2.26. The van der Waals surface area contributed by atoms with Crippen LogP contribution < -0.4 is 15.2 Å². The molecule has 1 heterocycles. The van der Waals surface area contributed by atoms with Crippen LogP contribution in [-0.4, -0.2) is 25.2 Å². The van der Waals surface area contributed by atoms with Crippen molar-refractivity contribution in [3.63, 3.8) is 0 Å². The molecule has 1 aromatic carbocycles. The van der Waals surface area contributed by atoms with Gasteiger partial charge in [-0.1, -0.05) is 12.1 Å². The molecule has 0 aliphatic heterocycles. The lowest BCUT2D eigenvalue weighted by molar-refractivity contribution is 0.0463. The Morgan fingerprint density at radius 1 is 1.14 bits per heavy atom. The molecule has 0 aliphatic carbocycles. The van der Waals surface area contributed by atoms with E-state index in [1.165, 1.54) is 14.2 Å². The van der Waals surface area contributed by atoms with E-state index in [0.717, 1.165) is 0 Å². The van der Waals surface area contributed by atoms with E-state index >= 15 is 0 Å². The standard InChI is InChI=1S/C15H16N2O4/c1-19-13-8-3-5-10(17-13)9-21-15(18)11-6-4-7-12(16)14(11)20-2/h3-8H,9,16H2,1-2H3. The molecule has 1 aromatic heterocycles. The number of carbonyl (C=O) groups is 1. The van der Waals surface area contributed by atoms with Crippen LogP contribution in [0.25, 0.3) is 0 Å². The lowest BCUT2D eigenvalue weighted by atomic mass is 10.2. The van der Waals surface area contributed by atoms with E-state index in [4.69, 9.17) is 19.9 Å². The molecule has 0 unspecified atom stereocenters. The molecule has 6 heteroatoms. The second-order valence-corrected chi connectivity index (χ2v) is 4.18. The van der Waals surface area contributed by atoms with Crippen LogP contribution in [0.5, 0.6) is 11.6 Å². The topological polar surface area (TPSA) is 83.7 Å². The molecule has 0 atom stereocenters. The number of nitrogens with two attached hydrogens (primary N) is 1.